The van der Waals surface area contributed by atoms with E-state index in [9.17, 15) is 8.63 Å². The molecule has 0 amide bonds. The zero-order valence-electron chi connectivity index (χ0n) is 14.3. The van der Waals surface area contributed by atoms with E-state index < -0.39 is 7.40 Å². The van der Waals surface area contributed by atoms with Gasteiger partial charge in [0.1, 0.15) is 0 Å². The molecule has 0 aromatic carbocycles. The van der Waals surface area contributed by atoms with E-state index in [-0.39, 0.29) is 12.0 Å². The van der Waals surface area contributed by atoms with E-state index in [1.54, 1.807) is 18.3 Å². The van der Waals surface area contributed by atoms with Crippen LogP contribution in [0.5, 0.6) is 0 Å². The molecular formula is C17H17BF2I2N2S. The molecular weight excluding hydrogens is 567 g/mol. The molecule has 0 spiro atoms. The first-order valence-corrected chi connectivity index (χ1v) is 10.9. The van der Waals surface area contributed by atoms with Gasteiger partial charge in [0.15, 0.2) is 0 Å². The van der Waals surface area contributed by atoms with Crippen LogP contribution in [0.1, 0.15) is 41.6 Å². The molecule has 2 nitrogen and oxygen atoms in total. The van der Waals surface area contributed by atoms with E-state index in [0.29, 0.717) is 11.4 Å². The molecule has 8 heteroatoms. The normalized spacial score (nSPS) is 18.7. The van der Waals surface area contributed by atoms with Gasteiger partial charge in [-0.15, -0.1) is 11.3 Å². The summed E-state index contributed by atoms with van der Waals surface area (Å²) < 4.78 is 31.1. The first kappa shape index (κ1) is 19.5. The summed E-state index contributed by atoms with van der Waals surface area (Å²) in [6, 6.07) is 3.88. The Morgan fingerprint density at radius 1 is 1.24 bits per heavy atom. The van der Waals surface area contributed by atoms with Crippen molar-refractivity contribution < 1.29 is 8.63 Å². The monoisotopic (exact) mass is 584 g/mol. The van der Waals surface area contributed by atoms with Crippen LogP contribution >= 0.6 is 56.5 Å². The molecule has 0 bridgehead atoms. The number of hydrogen-bond acceptors (Lipinski definition) is 2. The maximum absolute atomic E-state index is 13.9. The van der Waals surface area contributed by atoms with Crippen LogP contribution in [-0.2, 0) is 0 Å². The molecule has 3 heterocycles. The zero-order chi connectivity index (χ0) is 18.5. The first-order chi connectivity index (χ1) is 11.8. The number of aromatic nitrogens is 1. The summed E-state index contributed by atoms with van der Waals surface area (Å²) in [5.74, 6) is -0.196. The minimum absolute atomic E-state index is 0.133. The van der Waals surface area contributed by atoms with Gasteiger partial charge in [0.05, 0.1) is 12.0 Å². The second-order valence-electron chi connectivity index (χ2n) is 6.21. The minimum atomic E-state index is -2.56. The number of halogens is 4. The van der Waals surface area contributed by atoms with Crippen LogP contribution in [0.2, 0.25) is 0 Å². The van der Waals surface area contributed by atoms with Crippen LogP contribution in [0.25, 0.3) is 0 Å². The number of aliphatic imine (C=N–C) groups is 1. The number of thiophene rings is 1. The topological polar surface area (TPSA) is 17.3 Å². The molecule has 2 aromatic heterocycles. The average molecular weight is 584 g/mol. The molecule has 2 atom stereocenters. The van der Waals surface area contributed by atoms with Crippen molar-refractivity contribution in [2.24, 2.45) is 4.99 Å². The van der Waals surface area contributed by atoms with Crippen LogP contribution in [0.4, 0.5) is 8.63 Å². The zero-order valence-corrected chi connectivity index (χ0v) is 19.4. The van der Waals surface area contributed by atoms with Crippen molar-refractivity contribution in [3.05, 3.63) is 52.1 Å². The highest BCUT2D eigenvalue weighted by Gasteiger charge is 2.38. The van der Waals surface area contributed by atoms with Gasteiger partial charge in [-0.2, -0.15) is 0 Å². The van der Waals surface area contributed by atoms with Gasteiger partial charge in [0.2, 0.25) is 0 Å². The largest absolute Gasteiger partial charge is 0.677 e. The lowest BCUT2D eigenvalue weighted by Gasteiger charge is -2.25. The van der Waals surface area contributed by atoms with Gasteiger partial charge in [-0.05, 0) is 95.5 Å². The van der Waals surface area contributed by atoms with Gasteiger partial charge in [-0.3, -0.25) is 13.6 Å². The quantitative estimate of drug-likeness (QED) is 0.300. The molecule has 0 fully saturated rings. The molecule has 0 radical (unpaired) electrons. The highest BCUT2D eigenvalue weighted by atomic mass is 127. The van der Waals surface area contributed by atoms with Gasteiger partial charge in [0.25, 0.3) is 0 Å². The van der Waals surface area contributed by atoms with Crippen LogP contribution < -0.4 is 0 Å². The summed E-state index contributed by atoms with van der Waals surface area (Å²) >= 11 is 6.09. The summed E-state index contributed by atoms with van der Waals surface area (Å²) in [4.78, 5) is 5.92. The Labute approximate surface area is 178 Å². The number of rotatable bonds is 4. The van der Waals surface area contributed by atoms with Crippen molar-refractivity contribution in [1.82, 2.24) is 4.48 Å². The summed E-state index contributed by atoms with van der Waals surface area (Å²) in [5.41, 5.74) is 4.39. The molecule has 2 unspecified atom stereocenters. The van der Waals surface area contributed by atoms with E-state index in [1.165, 1.54) is 4.48 Å². The second-order valence-corrected chi connectivity index (χ2v) is 9.34. The Bertz CT molecular complexity index is 872. The van der Waals surface area contributed by atoms with Crippen LogP contribution in [-0.4, -0.2) is 23.6 Å². The van der Waals surface area contributed by atoms with Crippen molar-refractivity contribution in [2.45, 2.75) is 39.7 Å². The molecule has 132 valence electrons. The third kappa shape index (κ3) is 3.26. The Morgan fingerprint density at radius 2 is 1.92 bits per heavy atom. The van der Waals surface area contributed by atoms with Gasteiger partial charge in [-0.1, -0.05) is 6.07 Å². The number of hydrogen-bond donors (Lipinski definition) is 0. The van der Waals surface area contributed by atoms with Crippen molar-refractivity contribution in [2.75, 3.05) is 0 Å². The molecule has 0 N–H and O–H groups in total. The van der Waals surface area contributed by atoms with Crippen LogP contribution in [0.3, 0.4) is 0 Å². The minimum Gasteiger partial charge on any atom is -0.331 e. The fraction of sp³-hybridized carbons (Fsp3) is 0.353. The second kappa shape index (κ2) is 7.42. The SMILES string of the molecule is CC1=NC(C(c2cccs2)c2c(C)c(I)c(C)n2B(F)F)C(C)=C1I. The Balaban J connectivity index is 2.28. The lowest BCUT2D eigenvalue weighted by molar-refractivity contribution is 0.594. The predicted molar refractivity (Wildman–Crippen MR) is 120 cm³/mol. The first-order valence-electron chi connectivity index (χ1n) is 7.85. The number of allylic oxidation sites excluding steroid dienone is 1. The molecule has 1 aliphatic heterocycles. The fourth-order valence-corrected chi connectivity index (χ4v) is 5.35. The standard InChI is InChI=1S/C17H17BF2I2N2S/c1-8-14(21)10(3)23-16(8)13(12-6-5-7-25-12)17-9(2)15(22)11(4)24(17)18(19)20/h5-7,13,16H,1-4H3. The van der Waals surface area contributed by atoms with E-state index in [0.717, 1.165) is 28.9 Å². The third-order valence-corrected chi connectivity index (χ3v) is 8.92. The molecule has 1 aliphatic rings. The molecule has 2 aromatic rings. The van der Waals surface area contributed by atoms with Gasteiger partial charge < -0.3 is 4.48 Å². The Kier molecular flexibility index (Phi) is 5.80. The van der Waals surface area contributed by atoms with Crippen molar-refractivity contribution in [3.63, 3.8) is 0 Å². The lowest BCUT2D eigenvalue weighted by atomic mass is 9.88. The van der Waals surface area contributed by atoms with E-state index >= 15 is 0 Å². The summed E-state index contributed by atoms with van der Waals surface area (Å²) in [7, 11) is -2.56. The molecule has 3 rings (SSSR count). The summed E-state index contributed by atoms with van der Waals surface area (Å²) in [6.07, 6.45) is 0. The van der Waals surface area contributed by atoms with Crippen LogP contribution in [0.15, 0.2) is 31.7 Å². The third-order valence-electron chi connectivity index (χ3n) is 4.75. The van der Waals surface area contributed by atoms with E-state index in [4.69, 9.17) is 4.99 Å². The lowest BCUT2D eigenvalue weighted by Crippen LogP contribution is -2.26. The molecule has 0 saturated heterocycles. The predicted octanol–water partition coefficient (Wildman–Crippen LogP) is 6.23. The maximum atomic E-state index is 13.9. The van der Waals surface area contributed by atoms with E-state index in [1.807, 2.05) is 31.4 Å². The van der Waals surface area contributed by atoms with Gasteiger partial charge >= 0.3 is 7.40 Å². The Morgan fingerprint density at radius 3 is 2.40 bits per heavy atom. The molecule has 0 saturated carbocycles. The Hall–Kier alpha value is -0.225. The van der Waals surface area contributed by atoms with Gasteiger partial charge in [0, 0.05) is 29.1 Å². The number of nitrogens with zero attached hydrogens (tertiary/aromatic N) is 2. The maximum Gasteiger partial charge on any atom is 0.677 e. The van der Waals surface area contributed by atoms with Crippen molar-refractivity contribution in [3.8, 4) is 0 Å². The van der Waals surface area contributed by atoms with Crippen LogP contribution in [0, 0.1) is 17.4 Å². The summed E-state index contributed by atoms with van der Waals surface area (Å²) in [6.45, 7) is 7.77. The summed E-state index contributed by atoms with van der Waals surface area (Å²) in [5, 5.41) is 2.00. The highest BCUT2D eigenvalue weighted by molar-refractivity contribution is 14.1. The van der Waals surface area contributed by atoms with Gasteiger partial charge in [-0.25, -0.2) is 0 Å². The van der Waals surface area contributed by atoms with E-state index in [2.05, 4.69) is 52.1 Å². The molecule has 25 heavy (non-hydrogen) atoms. The fourth-order valence-electron chi connectivity index (χ4n) is 3.50. The molecule has 0 aliphatic carbocycles. The highest BCUT2D eigenvalue weighted by Crippen LogP contribution is 2.43. The average Bonchev–Trinajstić information content (AvgIpc) is 3.22. The van der Waals surface area contributed by atoms with Crippen molar-refractivity contribution >= 4 is 69.6 Å². The van der Waals surface area contributed by atoms with Crippen molar-refractivity contribution in [1.29, 1.82) is 0 Å². The smallest absolute Gasteiger partial charge is 0.331 e.